The summed E-state index contributed by atoms with van der Waals surface area (Å²) in [6.45, 7) is 2.98. The SMILES string of the molecule is CS(=O)(=O)NCc1cnc2n1CCNCC2. The van der Waals surface area contributed by atoms with Gasteiger partial charge in [-0.25, -0.2) is 18.1 Å². The summed E-state index contributed by atoms with van der Waals surface area (Å²) >= 11 is 0. The van der Waals surface area contributed by atoms with Crippen molar-refractivity contribution in [3.05, 3.63) is 17.7 Å². The fraction of sp³-hybridized carbons (Fsp3) is 0.667. The number of nitrogens with zero attached hydrogens (tertiary/aromatic N) is 2. The Hall–Kier alpha value is -0.920. The molecule has 6 nitrogen and oxygen atoms in total. The number of hydrogen-bond donors (Lipinski definition) is 2. The number of nitrogens with one attached hydrogen (secondary N) is 2. The van der Waals surface area contributed by atoms with Crippen molar-refractivity contribution in [1.82, 2.24) is 19.6 Å². The summed E-state index contributed by atoms with van der Waals surface area (Å²) in [5, 5.41) is 3.28. The quantitative estimate of drug-likeness (QED) is 0.721. The van der Waals surface area contributed by atoms with Crippen molar-refractivity contribution in [2.24, 2.45) is 0 Å². The van der Waals surface area contributed by atoms with E-state index in [0.717, 1.165) is 43.8 Å². The molecule has 0 aliphatic carbocycles. The van der Waals surface area contributed by atoms with Crippen LogP contribution >= 0.6 is 0 Å². The van der Waals surface area contributed by atoms with Crippen molar-refractivity contribution < 1.29 is 8.42 Å². The molecular formula is C9H16N4O2S. The summed E-state index contributed by atoms with van der Waals surface area (Å²) in [7, 11) is -3.14. The zero-order valence-corrected chi connectivity index (χ0v) is 10.0. The fourth-order valence-electron chi connectivity index (χ4n) is 1.79. The van der Waals surface area contributed by atoms with Gasteiger partial charge < -0.3 is 9.88 Å². The van der Waals surface area contributed by atoms with E-state index in [-0.39, 0.29) is 0 Å². The lowest BCUT2D eigenvalue weighted by molar-refractivity contribution is 0.579. The Balaban J connectivity index is 2.13. The standard InChI is InChI=1S/C9H16N4O2S/c1-16(14,15)12-7-8-6-11-9-2-3-10-4-5-13(8)9/h6,10,12H,2-5,7H2,1H3. The van der Waals surface area contributed by atoms with Crippen molar-refractivity contribution in [3.8, 4) is 0 Å². The first-order valence-corrected chi connectivity index (χ1v) is 7.14. The highest BCUT2D eigenvalue weighted by Crippen LogP contribution is 2.08. The largest absolute Gasteiger partial charge is 0.329 e. The molecule has 0 fully saturated rings. The van der Waals surface area contributed by atoms with Crippen LogP contribution in [0.4, 0.5) is 0 Å². The van der Waals surface area contributed by atoms with E-state index in [0.29, 0.717) is 6.54 Å². The van der Waals surface area contributed by atoms with Crippen LogP contribution in [0.25, 0.3) is 0 Å². The van der Waals surface area contributed by atoms with Crippen molar-refractivity contribution in [2.75, 3.05) is 19.3 Å². The second-order valence-corrected chi connectivity index (χ2v) is 5.74. The van der Waals surface area contributed by atoms with E-state index < -0.39 is 10.0 Å². The Kier molecular flexibility index (Phi) is 3.27. The van der Waals surface area contributed by atoms with E-state index in [1.807, 2.05) is 0 Å². The summed E-state index contributed by atoms with van der Waals surface area (Å²) in [6.07, 6.45) is 3.80. The molecule has 2 heterocycles. The molecule has 0 atom stereocenters. The van der Waals surface area contributed by atoms with Crippen LogP contribution in [-0.2, 0) is 29.5 Å². The second-order valence-electron chi connectivity index (χ2n) is 3.91. The van der Waals surface area contributed by atoms with Crippen molar-refractivity contribution >= 4 is 10.0 Å². The lowest BCUT2D eigenvalue weighted by Gasteiger charge is -2.08. The minimum atomic E-state index is -3.14. The molecule has 2 N–H and O–H groups in total. The first-order chi connectivity index (χ1) is 7.56. The van der Waals surface area contributed by atoms with Crippen molar-refractivity contribution in [2.45, 2.75) is 19.5 Å². The average Bonchev–Trinajstić information content (AvgIpc) is 2.43. The predicted molar refractivity (Wildman–Crippen MR) is 60.5 cm³/mol. The third kappa shape index (κ3) is 2.81. The van der Waals surface area contributed by atoms with Gasteiger partial charge in [0.15, 0.2) is 0 Å². The smallest absolute Gasteiger partial charge is 0.209 e. The normalized spacial score (nSPS) is 16.8. The second kappa shape index (κ2) is 4.52. The molecule has 0 saturated heterocycles. The average molecular weight is 244 g/mol. The highest BCUT2D eigenvalue weighted by Gasteiger charge is 2.13. The van der Waals surface area contributed by atoms with E-state index in [1.54, 1.807) is 6.20 Å². The van der Waals surface area contributed by atoms with Crippen molar-refractivity contribution in [1.29, 1.82) is 0 Å². The molecule has 1 aliphatic rings. The van der Waals surface area contributed by atoms with Gasteiger partial charge in [-0.3, -0.25) is 0 Å². The Labute approximate surface area is 95.1 Å². The third-order valence-electron chi connectivity index (χ3n) is 2.57. The van der Waals surface area contributed by atoms with Crippen LogP contribution in [0.3, 0.4) is 0 Å². The summed E-state index contributed by atoms with van der Waals surface area (Å²) in [5.74, 6) is 1.02. The van der Waals surface area contributed by atoms with Gasteiger partial charge in [0.1, 0.15) is 5.82 Å². The zero-order valence-electron chi connectivity index (χ0n) is 9.23. The first-order valence-electron chi connectivity index (χ1n) is 5.25. The summed E-state index contributed by atoms with van der Waals surface area (Å²) < 4.78 is 26.6. The van der Waals surface area contributed by atoms with Gasteiger partial charge in [-0.15, -0.1) is 0 Å². The molecule has 1 aliphatic heterocycles. The van der Waals surface area contributed by atoms with Gasteiger partial charge in [-0.1, -0.05) is 0 Å². The molecule has 90 valence electrons. The molecule has 0 spiro atoms. The highest BCUT2D eigenvalue weighted by molar-refractivity contribution is 7.88. The lowest BCUT2D eigenvalue weighted by atomic mass is 10.4. The fourth-order valence-corrected chi connectivity index (χ4v) is 2.20. The number of hydrogen-bond acceptors (Lipinski definition) is 4. The molecule has 1 aromatic rings. The van der Waals surface area contributed by atoms with Gasteiger partial charge in [0.25, 0.3) is 0 Å². The monoisotopic (exact) mass is 244 g/mol. The van der Waals surface area contributed by atoms with E-state index in [4.69, 9.17) is 0 Å². The molecular weight excluding hydrogens is 228 g/mol. The maximum atomic E-state index is 11.0. The number of rotatable bonds is 3. The number of imidazole rings is 1. The number of aromatic nitrogens is 2. The minimum absolute atomic E-state index is 0.311. The van der Waals surface area contributed by atoms with Crippen LogP contribution in [0.5, 0.6) is 0 Å². The molecule has 16 heavy (non-hydrogen) atoms. The molecule has 1 aromatic heterocycles. The molecule has 0 saturated carbocycles. The topological polar surface area (TPSA) is 76.0 Å². The number of fused-ring (bicyclic) bond motifs is 1. The molecule has 0 amide bonds. The first kappa shape index (κ1) is 11.6. The third-order valence-corrected chi connectivity index (χ3v) is 3.24. The summed E-state index contributed by atoms with van der Waals surface area (Å²) in [6, 6.07) is 0. The Morgan fingerprint density at radius 3 is 3.12 bits per heavy atom. The summed E-state index contributed by atoms with van der Waals surface area (Å²) in [4.78, 5) is 4.31. The molecule has 7 heteroatoms. The van der Waals surface area contributed by atoms with Gasteiger partial charge in [-0.05, 0) is 0 Å². The van der Waals surface area contributed by atoms with Gasteiger partial charge >= 0.3 is 0 Å². The van der Waals surface area contributed by atoms with Gasteiger partial charge in [-0.2, -0.15) is 0 Å². The van der Waals surface area contributed by atoms with Crippen LogP contribution in [0, 0.1) is 0 Å². The maximum Gasteiger partial charge on any atom is 0.209 e. The van der Waals surface area contributed by atoms with Gasteiger partial charge in [0.2, 0.25) is 10.0 Å². The van der Waals surface area contributed by atoms with E-state index in [1.165, 1.54) is 0 Å². The molecule has 2 rings (SSSR count). The molecule has 0 radical (unpaired) electrons. The van der Waals surface area contributed by atoms with Crippen LogP contribution in [-0.4, -0.2) is 37.3 Å². The van der Waals surface area contributed by atoms with Gasteiger partial charge in [0.05, 0.1) is 18.5 Å². The van der Waals surface area contributed by atoms with E-state index >= 15 is 0 Å². The highest BCUT2D eigenvalue weighted by atomic mass is 32.2. The Morgan fingerprint density at radius 1 is 1.56 bits per heavy atom. The number of sulfonamides is 1. The summed E-state index contributed by atoms with van der Waals surface area (Å²) in [5.41, 5.74) is 0.920. The minimum Gasteiger partial charge on any atom is -0.329 e. The molecule has 0 unspecified atom stereocenters. The zero-order chi connectivity index (χ0) is 11.6. The van der Waals surface area contributed by atoms with Crippen LogP contribution in [0.1, 0.15) is 11.5 Å². The maximum absolute atomic E-state index is 11.0. The predicted octanol–water partition coefficient (Wildman–Crippen LogP) is -0.922. The molecule has 0 aromatic carbocycles. The van der Waals surface area contributed by atoms with Crippen LogP contribution in [0.15, 0.2) is 6.20 Å². The Morgan fingerprint density at radius 2 is 2.38 bits per heavy atom. The van der Waals surface area contributed by atoms with Gasteiger partial charge in [0, 0.05) is 32.3 Å². The van der Waals surface area contributed by atoms with E-state index in [9.17, 15) is 8.42 Å². The Bertz CT molecular complexity index is 466. The lowest BCUT2D eigenvalue weighted by Crippen LogP contribution is -2.24. The van der Waals surface area contributed by atoms with Crippen LogP contribution in [0.2, 0.25) is 0 Å². The molecule has 0 bridgehead atoms. The van der Waals surface area contributed by atoms with E-state index in [2.05, 4.69) is 19.6 Å². The van der Waals surface area contributed by atoms with Crippen LogP contribution < -0.4 is 10.0 Å². The van der Waals surface area contributed by atoms with Crippen molar-refractivity contribution in [3.63, 3.8) is 0 Å².